The number of sulfone groups is 1. The Morgan fingerprint density at radius 2 is 1.84 bits per heavy atom. The minimum atomic E-state index is -3.52. The van der Waals surface area contributed by atoms with Crippen LogP contribution in [0, 0.1) is 0 Å². The Kier molecular flexibility index (Phi) is 5.30. The lowest BCUT2D eigenvalue weighted by molar-refractivity contribution is 0.304. The van der Waals surface area contributed by atoms with Gasteiger partial charge in [-0.3, -0.25) is 0 Å². The van der Waals surface area contributed by atoms with Crippen LogP contribution in [0.25, 0.3) is 0 Å². The molecule has 1 aliphatic heterocycles. The molecule has 25 heavy (non-hydrogen) atoms. The maximum absolute atomic E-state index is 12.9. The number of hydrogen-bond acceptors (Lipinski definition) is 5. The smallest absolute Gasteiger partial charge is 0.206 e. The Morgan fingerprint density at radius 1 is 1.08 bits per heavy atom. The molecule has 0 saturated carbocycles. The zero-order valence-corrected chi connectivity index (χ0v) is 15.5. The van der Waals surface area contributed by atoms with Crippen LogP contribution in [0.4, 0.5) is 5.69 Å². The lowest BCUT2D eigenvalue weighted by Gasteiger charge is -2.32. The summed E-state index contributed by atoms with van der Waals surface area (Å²) in [5.74, 6) is 0.753. The van der Waals surface area contributed by atoms with Crippen LogP contribution >= 0.6 is 0 Å². The first-order chi connectivity index (χ1) is 12.0. The number of rotatable bonds is 6. The summed E-state index contributed by atoms with van der Waals surface area (Å²) in [4.78, 5) is 4.98. The second-order valence-corrected chi connectivity index (χ2v) is 8.39. The summed E-state index contributed by atoms with van der Waals surface area (Å²) in [6.45, 7) is 3.27. The minimum Gasteiger partial charge on any atom is -0.490 e. The third-order valence-electron chi connectivity index (χ3n) is 4.29. The summed E-state index contributed by atoms with van der Waals surface area (Å²) >= 11 is 0. The first kappa shape index (κ1) is 17.8. The molecule has 0 bridgehead atoms. The van der Waals surface area contributed by atoms with E-state index in [0.717, 1.165) is 37.5 Å². The highest BCUT2D eigenvalue weighted by Gasteiger charge is 2.23. The zero-order valence-electron chi connectivity index (χ0n) is 14.7. The normalized spacial score (nSPS) is 14.3. The van der Waals surface area contributed by atoms with Gasteiger partial charge in [0.2, 0.25) is 9.84 Å². The molecular weight excluding hydrogens is 336 g/mol. The van der Waals surface area contributed by atoms with Crippen molar-refractivity contribution in [2.45, 2.75) is 16.2 Å². The predicted octanol–water partition coefficient (Wildman–Crippen LogP) is 2.67. The maximum Gasteiger partial charge on any atom is 0.206 e. The molecule has 0 aliphatic carbocycles. The summed E-state index contributed by atoms with van der Waals surface area (Å²) in [7, 11) is 0.586. The van der Waals surface area contributed by atoms with Gasteiger partial charge in [0, 0.05) is 6.54 Å². The molecule has 0 saturated heterocycles. The molecule has 0 unspecified atom stereocenters. The standard InChI is InChI=1S/C19H24N2O3S/c1-20(2)11-6-12-21-13-14-24-19-10-9-17(15-18(19)21)25(22,23)16-7-4-3-5-8-16/h3-5,7-10,15H,6,11-14H2,1-2H3. The van der Waals surface area contributed by atoms with Crippen molar-refractivity contribution in [1.29, 1.82) is 0 Å². The van der Waals surface area contributed by atoms with E-state index in [-0.39, 0.29) is 0 Å². The Bertz CT molecular complexity index is 820. The van der Waals surface area contributed by atoms with Crippen molar-refractivity contribution >= 4 is 15.5 Å². The summed E-state index contributed by atoms with van der Waals surface area (Å²) < 4.78 is 31.4. The van der Waals surface area contributed by atoms with Gasteiger partial charge in [0.05, 0.1) is 22.0 Å². The number of ether oxygens (including phenoxy) is 1. The van der Waals surface area contributed by atoms with Crippen LogP contribution in [-0.2, 0) is 9.84 Å². The molecule has 0 fully saturated rings. The van der Waals surface area contributed by atoms with E-state index in [0.29, 0.717) is 16.4 Å². The summed E-state index contributed by atoms with van der Waals surface area (Å²) in [5, 5.41) is 0. The zero-order chi connectivity index (χ0) is 17.9. The molecule has 6 heteroatoms. The summed E-state index contributed by atoms with van der Waals surface area (Å²) in [6.07, 6.45) is 1.02. The molecule has 5 nitrogen and oxygen atoms in total. The van der Waals surface area contributed by atoms with Gasteiger partial charge in [-0.05, 0) is 57.4 Å². The van der Waals surface area contributed by atoms with Crippen LogP contribution in [0.1, 0.15) is 6.42 Å². The second-order valence-electron chi connectivity index (χ2n) is 6.44. The van der Waals surface area contributed by atoms with Crippen LogP contribution < -0.4 is 9.64 Å². The van der Waals surface area contributed by atoms with Crippen molar-refractivity contribution in [3.8, 4) is 5.75 Å². The van der Waals surface area contributed by atoms with Crippen molar-refractivity contribution in [2.24, 2.45) is 0 Å². The topological polar surface area (TPSA) is 49.9 Å². The van der Waals surface area contributed by atoms with Crippen molar-refractivity contribution in [2.75, 3.05) is 45.2 Å². The van der Waals surface area contributed by atoms with E-state index in [1.54, 1.807) is 42.5 Å². The van der Waals surface area contributed by atoms with Crippen molar-refractivity contribution < 1.29 is 13.2 Å². The molecule has 1 aliphatic rings. The van der Waals surface area contributed by atoms with E-state index < -0.39 is 9.84 Å². The molecule has 2 aromatic carbocycles. The fraction of sp³-hybridized carbons (Fsp3) is 0.368. The van der Waals surface area contributed by atoms with Gasteiger partial charge in [0.1, 0.15) is 12.4 Å². The van der Waals surface area contributed by atoms with Crippen molar-refractivity contribution in [3.05, 3.63) is 48.5 Å². The van der Waals surface area contributed by atoms with Crippen LogP contribution in [0.15, 0.2) is 58.3 Å². The highest BCUT2D eigenvalue weighted by molar-refractivity contribution is 7.91. The Hall–Kier alpha value is -2.05. The molecule has 0 spiro atoms. The average Bonchev–Trinajstić information content (AvgIpc) is 2.62. The van der Waals surface area contributed by atoms with E-state index >= 15 is 0 Å². The highest BCUT2D eigenvalue weighted by atomic mass is 32.2. The number of benzene rings is 2. The maximum atomic E-state index is 12.9. The molecule has 0 aromatic heterocycles. The van der Waals surface area contributed by atoms with Crippen molar-refractivity contribution in [1.82, 2.24) is 4.90 Å². The van der Waals surface area contributed by atoms with Gasteiger partial charge in [0.15, 0.2) is 0 Å². The molecule has 1 heterocycles. The predicted molar refractivity (Wildman–Crippen MR) is 99.2 cm³/mol. The van der Waals surface area contributed by atoms with Gasteiger partial charge in [-0.15, -0.1) is 0 Å². The molecule has 0 N–H and O–H groups in total. The van der Waals surface area contributed by atoms with E-state index in [2.05, 4.69) is 23.9 Å². The lowest BCUT2D eigenvalue weighted by Crippen LogP contribution is -2.34. The fourth-order valence-corrected chi connectivity index (χ4v) is 4.27. The molecular formula is C19H24N2O3S. The van der Waals surface area contributed by atoms with Gasteiger partial charge in [0.25, 0.3) is 0 Å². The number of anilines is 1. The lowest BCUT2D eigenvalue weighted by atomic mass is 10.2. The van der Waals surface area contributed by atoms with Crippen molar-refractivity contribution in [3.63, 3.8) is 0 Å². The van der Waals surface area contributed by atoms with Crippen LogP contribution in [0.3, 0.4) is 0 Å². The first-order valence-corrected chi connectivity index (χ1v) is 9.93. The molecule has 2 aromatic rings. The largest absolute Gasteiger partial charge is 0.490 e. The number of hydrogen-bond donors (Lipinski definition) is 0. The van der Waals surface area contributed by atoms with Gasteiger partial charge in [-0.25, -0.2) is 8.42 Å². The molecule has 0 radical (unpaired) electrons. The monoisotopic (exact) mass is 360 g/mol. The van der Waals surface area contributed by atoms with Crippen LogP contribution in [0.2, 0.25) is 0 Å². The molecule has 0 atom stereocenters. The van der Waals surface area contributed by atoms with E-state index in [4.69, 9.17) is 4.74 Å². The Labute approximate surface area is 149 Å². The number of nitrogens with zero attached hydrogens (tertiary/aromatic N) is 2. The second kappa shape index (κ2) is 7.45. The van der Waals surface area contributed by atoms with Gasteiger partial charge in [-0.1, -0.05) is 18.2 Å². The molecule has 3 rings (SSSR count). The highest BCUT2D eigenvalue weighted by Crippen LogP contribution is 2.35. The van der Waals surface area contributed by atoms with Gasteiger partial charge < -0.3 is 14.5 Å². The van der Waals surface area contributed by atoms with Gasteiger partial charge >= 0.3 is 0 Å². The third-order valence-corrected chi connectivity index (χ3v) is 6.05. The summed E-state index contributed by atoms with van der Waals surface area (Å²) in [5.41, 5.74) is 0.863. The average molecular weight is 360 g/mol. The van der Waals surface area contributed by atoms with Crippen LogP contribution in [0.5, 0.6) is 5.75 Å². The first-order valence-electron chi connectivity index (χ1n) is 8.45. The van der Waals surface area contributed by atoms with E-state index in [1.807, 2.05) is 6.07 Å². The summed E-state index contributed by atoms with van der Waals surface area (Å²) in [6, 6.07) is 13.7. The van der Waals surface area contributed by atoms with E-state index in [1.165, 1.54) is 0 Å². The molecule has 134 valence electrons. The third kappa shape index (κ3) is 3.96. The minimum absolute atomic E-state index is 0.306. The fourth-order valence-electron chi connectivity index (χ4n) is 2.97. The Morgan fingerprint density at radius 3 is 2.56 bits per heavy atom. The van der Waals surface area contributed by atoms with Gasteiger partial charge in [-0.2, -0.15) is 0 Å². The quantitative estimate of drug-likeness (QED) is 0.793. The molecule has 0 amide bonds. The van der Waals surface area contributed by atoms with Crippen LogP contribution in [-0.4, -0.2) is 53.7 Å². The SMILES string of the molecule is CN(C)CCCN1CCOc2ccc(S(=O)(=O)c3ccccc3)cc21. The Balaban J connectivity index is 1.89. The number of fused-ring (bicyclic) bond motifs is 1. The van der Waals surface area contributed by atoms with E-state index in [9.17, 15) is 8.42 Å².